The first kappa shape index (κ1) is 76.2. The molecule has 9 nitrogen and oxygen atoms in total. The van der Waals surface area contributed by atoms with Crippen LogP contribution in [-0.2, 0) is 33.3 Å². The van der Waals surface area contributed by atoms with Crippen LogP contribution in [-0.4, -0.2) is 87.4 Å². The lowest BCUT2D eigenvalue weighted by atomic mass is 10.0. The molecule has 0 heterocycles. The number of ether oxygens (including phenoxy) is 4. The lowest BCUT2D eigenvalue weighted by molar-refractivity contribution is -0.870. The van der Waals surface area contributed by atoms with Crippen molar-refractivity contribution in [3.63, 3.8) is 0 Å². The van der Waals surface area contributed by atoms with Crippen LogP contribution in [0, 0.1) is 0 Å². The van der Waals surface area contributed by atoms with Gasteiger partial charge in [-0.2, -0.15) is 0 Å². The van der Waals surface area contributed by atoms with Gasteiger partial charge in [0.1, 0.15) is 13.2 Å². The fraction of sp³-hybridized carbons (Fsp3) is 0.625. The summed E-state index contributed by atoms with van der Waals surface area (Å²) in [6.45, 7) is 4.60. The van der Waals surface area contributed by atoms with Gasteiger partial charge >= 0.3 is 17.9 Å². The molecule has 0 aliphatic rings. The molecule has 0 aromatic rings. The molecule has 0 saturated carbocycles. The number of nitrogens with zero attached hydrogens (tertiary/aromatic N) is 1. The fourth-order valence-corrected chi connectivity index (χ4v) is 8.26. The minimum atomic E-state index is -1.53. The van der Waals surface area contributed by atoms with Gasteiger partial charge in [0.2, 0.25) is 0 Å². The summed E-state index contributed by atoms with van der Waals surface area (Å²) < 4.78 is 22.9. The average molecular weight is 1130 g/mol. The largest absolute Gasteiger partial charge is 0.477 e. The molecule has 0 amide bonds. The molecule has 2 atom stereocenters. The number of aliphatic carboxylic acids is 1. The van der Waals surface area contributed by atoms with Crippen LogP contribution in [0.15, 0.2) is 146 Å². The van der Waals surface area contributed by atoms with E-state index in [1.165, 1.54) is 83.5 Å². The molecule has 9 heteroatoms. The summed E-state index contributed by atoms with van der Waals surface area (Å²) in [6, 6.07) is 0. The Hall–Kier alpha value is -4.83. The topological polar surface area (TPSA) is 108 Å². The van der Waals surface area contributed by atoms with Gasteiger partial charge in [-0.05, 0) is 116 Å². The molecule has 81 heavy (non-hydrogen) atoms. The number of rotatable bonds is 57. The normalized spacial score (nSPS) is 13.7. The van der Waals surface area contributed by atoms with Crippen molar-refractivity contribution in [1.82, 2.24) is 0 Å². The third-order valence-electron chi connectivity index (χ3n) is 13.1. The first-order valence-corrected chi connectivity index (χ1v) is 32.0. The standard InChI is InChI=1S/C72H117NO8/c1-6-8-10-12-14-16-18-20-22-24-26-28-30-32-33-34-35-36-37-39-40-42-44-46-48-50-52-54-56-58-60-62-69(74)79-66-68(67-80-72(71(76)77)78-65-64-73(3,4)5)81-70(75)63-61-59-57-55-53-51-49-47-45-43-41-38-31-29-27-25-23-21-19-17-15-13-11-9-7-2/h8-11,14-17,20-23,26-29,32-33,38,41,45,47,51,53,68,72H,6-7,12-13,18-19,24-25,30-31,34-37,39-40,42-44,46,48-50,52,54-67H2,1-5H3/p+1/b10-8-,11-9-,16-14-,17-15-,22-20-,23-21-,28-26-,29-27-,33-32-,41-38-,47-45-,53-51-. The van der Waals surface area contributed by atoms with E-state index in [4.69, 9.17) is 18.9 Å². The lowest BCUT2D eigenvalue weighted by Gasteiger charge is -2.25. The zero-order valence-electron chi connectivity index (χ0n) is 52.1. The highest BCUT2D eigenvalue weighted by Crippen LogP contribution is 2.16. The van der Waals surface area contributed by atoms with E-state index in [0.29, 0.717) is 17.4 Å². The Balaban J connectivity index is 4.25. The maximum absolute atomic E-state index is 12.9. The zero-order valence-corrected chi connectivity index (χ0v) is 52.1. The molecular weight excluding hydrogens is 1010 g/mol. The number of esters is 2. The van der Waals surface area contributed by atoms with Crippen LogP contribution < -0.4 is 0 Å². The Labute approximate surface area is 496 Å². The van der Waals surface area contributed by atoms with Crippen molar-refractivity contribution >= 4 is 17.9 Å². The summed E-state index contributed by atoms with van der Waals surface area (Å²) in [6.07, 6.45) is 86.5. The van der Waals surface area contributed by atoms with Crippen molar-refractivity contribution in [2.24, 2.45) is 0 Å². The van der Waals surface area contributed by atoms with Gasteiger partial charge in [-0.25, -0.2) is 4.79 Å². The molecule has 0 spiro atoms. The summed E-state index contributed by atoms with van der Waals surface area (Å²) >= 11 is 0. The van der Waals surface area contributed by atoms with Gasteiger partial charge in [-0.1, -0.05) is 250 Å². The van der Waals surface area contributed by atoms with Crippen LogP contribution in [0.25, 0.3) is 0 Å². The number of allylic oxidation sites excluding steroid dienone is 24. The molecule has 1 N–H and O–H groups in total. The third-order valence-corrected chi connectivity index (χ3v) is 13.1. The number of quaternary nitrogens is 1. The van der Waals surface area contributed by atoms with E-state index in [1.807, 2.05) is 21.1 Å². The molecule has 458 valence electrons. The van der Waals surface area contributed by atoms with E-state index in [2.05, 4.69) is 160 Å². The summed E-state index contributed by atoms with van der Waals surface area (Å²) in [7, 11) is 5.95. The Morgan fingerprint density at radius 2 is 0.667 bits per heavy atom. The summed E-state index contributed by atoms with van der Waals surface area (Å²) in [4.78, 5) is 37.5. The van der Waals surface area contributed by atoms with Gasteiger partial charge in [-0.3, -0.25) is 9.59 Å². The number of carboxylic acid groups (broad SMARTS) is 1. The first-order chi connectivity index (χ1) is 39.6. The molecule has 0 radical (unpaired) electrons. The van der Waals surface area contributed by atoms with Crippen LogP contribution in [0.1, 0.15) is 232 Å². The number of unbranched alkanes of at least 4 members (excludes halogenated alkanes) is 18. The van der Waals surface area contributed by atoms with Gasteiger partial charge in [0.15, 0.2) is 6.10 Å². The van der Waals surface area contributed by atoms with Crippen LogP contribution >= 0.6 is 0 Å². The Kier molecular flexibility index (Phi) is 57.6. The molecule has 0 aliphatic carbocycles. The van der Waals surface area contributed by atoms with E-state index in [9.17, 15) is 19.5 Å². The first-order valence-electron chi connectivity index (χ1n) is 32.0. The predicted molar refractivity (Wildman–Crippen MR) is 345 cm³/mol. The molecule has 0 aliphatic heterocycles. The van der Waals surface area contributed by atoms with Crippen LogP contribution in [0.3, 0.4) is 0 Å². The molecule has 0 aromatic heterocycles. The van der Waals surface area contributed by atoms with Gasteiger partial charge < -0.3 is 28.5 Å². The van der Waals surface area contributed by atoms with Crippen molar-refractivity contribution in [3.05, 3.63) is 146 Å². The zero-order chi connectivity index (χ0) is 59.1. The third kappa shape index (κ3) is 62.6. The highest BCUT2D eigenvalue weighted by Gasteiger charge is 2.25. The van der Waals surface area contributed by atoms with E-state index in [1.54, 1.807) is 0 Å². The SMILES string of the molecule is CC/C=C\C/C=C\C/C=C\C/C=C\C/C=C\C/C=C\C/C=C\CCCCCC(=O)OC(COC(=O)CCCCCCCCCCCCCCCCC/C=C\C/C=C\C/C=C\C/C=C\C/C=C\CC)COC(OCC[N+](C)(C)C)C(=O)O. The molecule has 0 rings (SSSR count). The highest BCUT2D eigenvalue weighted by molar-refractivity contribution is 5.71. The lowest BCUT2D eigenvalue weighted by Crippen LogP contribution is -2.40. The second kappa shape index (κ2) is 61.2. The Bertz CT molecular complexity index is 1840. The minimum absolute atomic E-state index is 0.173. The maximum atomic E-state index is 12.9. The van der Waals surface area contributed by atoms with Crippen molar-refractivity contribution in [2.75, 3.05) is 47.5 Å². The Morgan fingerprint density at radius 1 is 0.370 bits per heavy atom. The summed E-state index contributed by atoms with van der Waals surface area (Å²) in [5.41, 5.74) is 0. The maximum Gasteiger partial charge on any atom is 0.361 e. The van der Waals surface area contributed by atoms with Gasteiger partial charge in [-0.15, -0.1) is 0 Å². The van der Waals surface area contributed by atoms with Gasteiger partial charge in [0, 0.05) is 12.8 Å². The fourth-order valence-electron chi connectivity index (χ4n) is 8.26. The number of likely N-dealkylation sites (N-methyl/N-ethyl adjacent to an activating group) is 1. The number of hydrogen-bond acceptors (Lipinski definition) is 7. The van der Waals surface area contributed by atoms with Crippen LogP contribution in [0.4, 0.5) is 0 Å². The smallest absolute Gasteiger partial charge is 0.361 e. The van der Waals surface area contributed by atoms with E-state index >= 15 is 0 Å². The van der Waals surface area contributed by atoms with E-state index < -0.39 is 24.3 Å². The molecule has 0 fully saturated rings. The second-order valence-electron chi connectivity index (χ2n) is 22.0. The second-order valence-corrected chi connectivity index (χ2v) is 22.0. The van der Waals surface area contributed by atoms with Crippen LogP contribution in [0.2, 0.25) is 0 Å². The summed E-state index contributed by atoms with van der Waals surface area (Å²) in [5.74, 6) is -2.06. The monoisotopic (exact) mass is 1120 g/mol. The van der Waals surface area contributed by atoms with Crippen molar-refractivity contribution in [3.8, 4) is 0 Å². The number of hydrogen-bond donors (Lipinski definition) is 1. The summed E-state index contributed by atoms with van der Waals surface area (Å²) in [5, 5.41) is 9.73. The van der Waals surface area contributed by atoms with E-state index in [-0.39, 0.29) is 38.6 Å². The van der Waals surface area contributed by atoms with Crippen molar-refractivity contribution < 1.29 is 42.9 Å². The van der Waals surface area contributed by atoms with Crippen molar-refractivity contribution in [2.45, 2.75) is 245 Å². The van der Waals surface area contributed by atoms with E-state index in [0.717, 1.165) is 116 Å². The average Bonchev–Trinajstić information content (AvgIpc) is 3.44. The van der Waals surface area contributed by atoms with Crippen molar-refractivity contribution in [1.29, 1.82) is 0 Å². The predicted octanol–water partition coefficient (Wildman–Crippen LogP) is 19.6. The van der Waals surface area contributed by atoms with Gasteiger partial charge in [0.25, 0.3) is 6.29 Å². The molecular formula is C72H118NO8+. The highest BCUT2D eigenvalue weighted by atomic mass is 16.7. The van der Waals surface area contributed by atoms with Gasteiger partial charge in [0.05, 0.1) is 34.4 Å². The number of carbonyl (C=O) groups is 3. The number of carbonyl (C=O) groups excluding carboxylic acids is 2. The molecule has 0 saturated heterocycles. The molecule has 2 unspecified atom stereocenters. The molecule has 0 aromatic carbocycles. The quantitative estimate of drug-likeness (QED) is 0.0211. The minimum Gasteiger partial charge on any atom is -0.477 e. The molecule has 0 bridgehead atoms. The van der Waals surface area contributed by atoms with Crippen LogP contribution in [0.5, 0.6) is 0 Å². The Morgan fingerprint density at radius 3 is 1.00 bits per heavy atom. The number of carboxylic acids is 1.